The maximum atomic E-state index is 9.76. The molecule has 3 rings (SSSR count). The SMILES string of the molecule is Cc1c2c(c(C)n1-c1cccc(Cl)c1)C(C)(C#N)CC2(C)C. The Morgan fingerprint density at radius 1 is 1.14 bits per heavy atom. The zero-order valence-corrected chi connectivity index (χ0v) is 14.5. The van der Waals surface area contributed by atoms with Gasteiger partial charge in [-0.15, -0.1) is 0 Å². The molecule has 2 nitrogen and oxygen atoms in total. The molecule has 1 aromatic carbocycles. The topological polar surface area (TPSA) is 28.7 Å². The Hall–Kier alpha value is -1.72. The van der Waals surface area contributed by atoms with E-state index >= 15 is 0 Å². The first-order valence-corrected chi connectivity index (χ1v) is 7.99. The van der Waals surface area contributed by atoms with E-state index in [1.165, 1.54) is 16.8 Å². The van der Waals surface area contributed by atoms with Gasteiger partial charge in [0.25, 0.3) is 0 Å². The summed E-state index contributed by atoms with van der Waals surface area (Å²) in [7, 11) is 0. The highest BCUT2D eigenvalue weighted by Gasteiger charge is 2.49. The second-order valence-electron chi connectivity index (χ2n) is 7.24. The van der Waals surface area contributed by atoms with Gasteiger partial charge in [0.15, 0.2) is 0 Å². The van der Waals surface area contributed by atoms with E-state index in [4.69, 9.17) is 11.6 Å². The lowest BCUT2D eigenvalue weighted by Gasteiger charge is -2.24. The van der Waals surface area contributed by atoms with Crippen molar-refractivity contribution in [3.8, 4) is 11.8 Å². The first-order chi connectivity index (χ1) is 10.2. The summed E-state index contributed by atoms with van der Waals surface area (Å²) in [6.45, 7) is 10.8. The predicted molar refractivity (Wildman–Crippen MR) is 90.9 cm³/mol. The van der Waals surface area contributed by atoms with Gasteiger partial charge in [0, 0.05) is 22.1 Å². The molecule has 0 saturated heterocycles. The van der Waals surface area contributed by atoms with E-state index in [2.05, 4.69) is 51.3 Å². The van der Waals surface area contributed by atoms with Crippen LogP contribution in [0, 0.1) is 25.2 Å². The Balaban J connectivity index is 2.35. The second-order valence-corrected chi connectivity index (χ2v) is 7.68. The third kappa shape index (κ3) is 1.92. The molecular formula is C19H21ClN2. The number of hydrogen-bond acceptors (Lipinski definition) is 1. The number of halogens is 1. The van der Waals surface area contributed by atoms with Crippen molar-refractivity contribution < 1.29 is 0 Å². The van der Waals surface area contributed by atoms with Crippen molar-refractivity contribution in [3.63, 3.8) is 0 Å². The number of hydrogen-bond donors (Lipinski definition) is 0. The zero-order valence-electron chi connectivity index (χ0n) is 13.8. The predicted octanol–water partition coefficient (Wildman–Crippen LogP) is 5.21. The lowest BCUT2D eigenvalue weighted by atomic mass is 9.80. The number of rotatable bonds is 1. The third-order valence-electron chi connectivity index (χ3n) is 4.98. The van der Waals surface area contributed by atoms with Gasteiger partial charge in [0.2, 0.25) is 0 Å². The maximum absolute atomic E-state index is 9.76. The quantitative estimate of drug-likeness (QED) is 0.710. The zero-order chi connectivity index (χ0) is 16.3. The van der Waals surface area contributed by atoms with Crippen LogP contribution >= 0.6 is 11.6 Å². The van der Waals surface area contributed by atoms with E-state index in [0.29, 0.717) is 0 Å². The van der Waals surface area contributed by atoms with Gasteiger partial charge in [0.1, 0.15) is 0 Å². The average Bonchev–Trinajstić information content (AvgIpc) is 2.82. The molecule has 1 unspecified atom stereocenters. The number of aromatic nitrogens is 1. The Morgan fingerprint density at radius 2 is 1.77 bits per heavy atom. The van der Waals surface area contributed by atoms with Gasteiger partial charge >= 0.3 is 0 Å². The molecule has 0 radical (unpaired) electrons. The van der Waals surface area contributed by atoms with E-state index < -0.39 is 5.41 Å². The number of nitrogens with zero attached hydrogens (tertiary/aromatic N) is 2. The van der Waals surface area contributed by atoms with Gasteiger partial charge < -0.3 is 4.57 Å². The number of benzene rings is 1. The smallest absolute Gasteiger partial charge is 0.0822 e. The van der Waals surface area contributed by atoms with E-state index in [1.54, 1.807) is 0 Å². The van der Waals surface area contributed by atoms with E-state index in [-0.39, 0.29) is 5.41 Å². The molecule has 1 heterocycles. The van der Waals surface area contributed by atoms with Crippen LogP contribution in [-0.4, -0.2) is 4.57 Å². The number of fused-ring (bicyclic) bond motifs is 1. The summed E-state index contributed by atoms with van der Waals surface area (Å²) in [6, 6.07) is 10.5. The summed E-state index contributed by atoms with van der Waals surface area (Å²) in [4.78, 5) is 0. The second kappa shape index (κ2) is 4.64. The maximum Gasteiger partial charge on any atom is 0.0822 e. The molecule has 0 fully saturated rings. The highest BCUT2D eigenvalue weighted by atomic mass is 35.5. The average molecular weight is 313 g/mol. The summed E-state index contributed by atoms with van der Waals surface area (Å²) < 4.78 is 2.24. The molecule has 2 aromatic rings. The molecule has 1 aliphatic rings. The minimum atomic E-state index is -0.419. The molecule has 1 atom stereocenters. The summed E-state index contributed by atoms with van der Waals surface area (Å²) in [6.07, 6.45) is 0.874. The molecule has 1 aromatic heterocycles. The molecular weight excluding hydrogens is 292 g/mol. The van der Waals surface area contributed by atoms with Gasteiger partial charge in [0.05, 0.1) is 11.5 Å². The van der Waals surface area contributed by atoms with Crippen LogP contribution in [-0.2, 0) is 10.8 Å². The van der Waals surface area contributed by atoms with Crippen LogP contribution in [0.2, 0.25) is 5.02 Å². The Bertz CT molecular complexity index is 808. The van der Waals surface area contributed by atoms with Crippen LogP contribution in [0.3, 0.4) is 0 Å². The first kappa shape index (κ1) is 15.2. The monoisotopic (exact) mass is 312 g/mol. The van der Waals surface area contributed by atoms with Gasteiger partial charge in [-0.3, -0.25) is 0 Å². The first-order valence-electron chi connectivity index (χ1n) is 7.61. The fraction of sp³-hybridized carbons (Fsp3) is 0.421. The third-order valence-corrected chi connectivity index (χ3v) is 5.22. The molecule has 0 aliphatic heterocycles. The summed E-state index contributed by atoms with van der Waals surface area (Å²) in [5, 5.41) is 10.5. The van der Waals surface area contributed by atoms with Crippen molar-refractivity contribution in [1.82, 2.24) is 4.57 Å². The lowest BCUT2D eigenvalue weighted by molar-refractivity contribution is 0.434. The Labute approximate surface area is 137 Å². The fourth-order valence-corrected chi connectivity index (χ4v) is 4.68. The van der Waals surface area contributed by atoms with Crippen LogP contribution in [0.25, 0.3) is 5.69 Å². The van der Waals surface area contributed by atoms with Gasteiger partial charge in [-0.25, -0.2) is 0 Å². The van der Waals surface area contributed by atoms with Crippen molar-refractivity contribution in [1.29, 1.82) is 5.26 Å². The van der Waals surface area contributed by atoms with E-state index in [0.717, 1.165) is 22.8 Å². The van der Waals surface area contributed by atoms with Crippen LogP contribution in [0.15, 0.2) is 24.3 Å². The lowest BCUT2D eigenvalue weighted by Crippen LogP contribution is -2.22. The van der Waals surface area contributed by atoms with E-state index in [1.807, 2.05) is 18.2 Å². The van der Waals surface area contributed by atoms with E-state index in [9.17, 15) is 5.26 Å². The molecule has 114 valence electrons. The Morgan fingerprint density at radius 3 is 2.36 bits per heavy atom. The number of nitriles is 1. The summed E-state index contributed by atoms with van der Waals surface area (Å²) in [5.74, 6) is 0. The molecule has 0 N–H and O–H groups in total. The summed E-state index contributed by atoms with van der Waals surface area (Å²) >= 11 is 6.17. The highest BCUT2D eigenvalue weighted by Crippen LogP contribution is 2.53. The van der Waals surface area contributed by atoms with Crippen LogP contribution in [0.4, 0.5) is 0 Å². The van der Waals surface area contributed by atoms with Crippen molar-refractivity contribution in [2.24, 2.45) is 0 Å². The highest BCUT2D eigenvalue weighted by molar-refractivity contribution is 6.30. The molecule has 3 heteroatoms. The molecule has 1 aliphatic carbocycles. The fourth-order valence-electron chi connectivity index (χ4n) is 4.50. The molecule has 0 spiro atoms. The van der Waals surface area contributed by atoms with Crippen molar-refractivity contribution in [2.45, 2.75) is 51.9 Å². The Kier molecular flexibility index (Phi) is 3.20. The molecule has 0 amide bonds. The standard InChI is InChI=1S/C19H21ClN2/c1-12-16-17(19(5,11-21)10-18(16,3)4)13(2)22(12)15-8-6-7-14(20)9-15/h6-9H,10H2,1-5H3. The normalized spacial score (nSPS) is 22.4. The van der Waals surface area contributed by atoms with Gasteiger partial charge in [-0.05, 0) is 61.9 Å². The molecule has 0 bridgehead atoms. The van der Waals surface area contributed by atoms with Gasteiger partial charge in [-0.2, -0.15) is 5.26 Å². The largest absolute Gasteiger partial charge is 0.318 e. The van der Waals surface area contributed by atoms with Crippen molar-refractivity contribution >= 4 is 11.6 Å². The van der Waals surface area contributed by atoms with Crippen molar-refractivity contribution in [3.05, 3.63) is 51.8 Å². The van der Waals surface area contributed by atoms with Gasteiger partial charge in [-0.1, -0.05) is 31.5 Å². The van der Waals surface area contributed by atoms with Crippen molar-refractivity contribution in [2.75, 3.05) is 0 Å². The van der Waals surface area contributed by atoms with Crippen LogP contribution in [0.5, 0.6) is 0 Å². The minimum Gasteiger partial charge on any atom is -0.318 e. The minimum absolute atomic E-state index is 0.0124. The van der Waals surface area contributed by atoms with Crippen LogP contribution in [0.1, 0.15) is 49.7 Å². The molecule has 22 heavy (non-hydrogen) atoms. The molecule has 0 saturated carbocycles. The van der Waals surface area contributed by atoms with Crippen LogP contribution < -0.4 is 0 Å². The summed E-state index contributed by atoms with van der Waals surface area (Å²) in [5.41, 5.74) is 5.57.